The van der Waals surface area contributed by atoms with Crippen LogP contribution in [0.4, 0.5) is 5.69 Å². The molecule has 3 aromatic carbocycles. The molecule has 2 amide bonds. The number of benzene rings is 3. The topological polar surface area (TPSA) is 105 Å². The Labute approximate surface area is 249 Å². The van der Waals surface area contributed by atoms with Crippen LogP contribution in [0.3, 0.4) is 0 Å². The summed E-state index contributed by atoms with van der Waals surface area (Å²) in [5, 5.41) is 2.97. The molecule has 0 saturated heterocycles. The van der Waals surface area contributed by atoms with Crippen molar-refractivity contribution in [3.63, 3.8) is 0 Å². The zero-order chi connectivity index (χ0) is 30.9. The van der Waals surface area contributed by atoms with E-state index < -0.39 is 34.1 Å². The largest absolute Gasteiger partial charge is 0.497 e. The summed E-state index contributed by atoms with van der Waals surface area (Å²) in [4.78, 5) is 29.1. The molecule has 9 nitrogen and oxygen atoms in total. The molecule has 0 saturated carbocycles. The lowest BCUT2D eigenvalue weighted by atomic mass is 10.1. The van der Waals surface area contributed by atoms with Gasteiger partial charge in [-0.15, -0.1) is 0 Å². The van der Waals surface area contributed by atoms with Gasteiger partial charge in [-0.3, -0.25) is 13.9 Å². The van der Waals surface area contributed by atoms with Gasteiger partial charge in [0.15, 0.2) is 0 Å². The summed E-state index contributed by atoms with van der Waals surface area (Å²) in [6, 6.07) is 20.9. The Bertz CT molecular complexity index is 1420. The van der Waals surface area contributed by atoms with Crippen LogP contribution in [0.2, 0.25) is 0 Å². The van der Waals surface area contributed by atoms with Gasteiger partial charge < -0.3 is 19.7 Å². The van der Waals surface area contributed by atoms with Crippen LogP contribution in [-0.4, -0.2) is 57.0 Å². The molecule has 0 aromatic heterocycles. The summed E-state index contributed by atoms with van der Waals surface area (Å²) in [6.07, 6.45) is 0.332. The van der Waals surface area contributed by atoms with Crippen molar-refractivity contribution < 1.29 is 27.5 Å². The standard InChI is InChI=1S/C32H41N3O6S/c1-7-29(31(37)33-32(3,4)5)34(22-24-14-18-26(40-6)19-15-24)30(36)23-35(25-16-20-27(21-17-25)41-8-2)42(38,39)28-12-10-9-11-13-28/h9-21,29H,7-8,22-23H2,1-6H3,(H,33,37)/t29-/m1/s1. The number of amides is 2. The molecule has 0 spiro atoms. The van der Waals surface area contributed by atoms with E-state index in [1.807, 2.05) is 46.8 Å². The zero-order valence-corrected chi connectivity index (χ0v) is 26.0. The SMILES string of the molecule is CCOc1ccc(N(CC(=O)N(Cc2ccc(OC)cc2)[C@H](CC)C(=O)NC(C)(C)C)S(=O)(=O)c2ccccc2)cc1. The number of methoxy groups -OCH3 is 1. The first-order valence-corrected chi connectivity index (χ1v) is 15.4. The Morgan fingerprint density at radius 2 is 1.48 bits per heavy atom. The summed E-state index contributed by atoms with van der Waals surface area (Å²) >= 11 is 0. The molecule has 0 aliphatic heterocycles. The van der Waals surface area contributed by atoms with Crippen molar-refractivity contribution in [2.45, 2.75) is 64.1 Å². The lowest BCUT2D eigenvalue weighted by Gasteiger charge is -2.34. The number of nitrogens with zero attached hydrogens (tertiary/aromatic N) is 2. The molecule has 0 unspecified atom stereocenters. The van der Waals surface area contributed by atoms with E-state index in [4.69, 9.17) is 9.47 Å². The minimum absolute atomic E-state index is 0.0471. The van der Waals surface area contributed by atoms with Gasteiger partial charge in [-0.25, -0.2) is 8.42 Å². The zero-order valence-electron chi connectivity index (χ0n) is 25.2. The molecular weight excluding hydrogens is 554 g/mol. The fourth-order valence-electron chi connectivity index (χ4n) is 4.42. The van der Waals surface area contributed by atoms with Crippen molar-refractivity contribution >= 4 is 27.5 Å². The van der Waals surface area contributed by atoms with E-state index in [1.54, 1.807) is 61.7 Å². The second kappa shape index (κ2) is 14.2. The third-order valence-electron chi connectivity index (χ3n) is 6.44. The second-order valence-corrected chi connectivity index (χ2v) is 12.6. The highest BCUT2D eigenvalue weighted by molar-refractivity contribution is 7.92. The van der Waals surface area contributed by atoms with Gasteiger partial charge in [0.1, 0.15) is 24.1 Å². The first-order valence-electron chi connectivity index (χ1n) is 13.9. The van der Waals surface area contributed by atoms with Crippen LogP contribution in [0.25, 0.3) is 0 Å². The fourth-order valence-corrected chi connectivity index (χ4v) is 5.86. The minimum atomic E-state index is -4.14. The molecule has 0 aliphatic carbocycles. The Morgan fingerprint density at radius 3 is 2.00 bits per heavy atom. The molecule has 0 aliphatic rings. The highest BCUT2D eigenvalue weighted by Crippen LogP contribution is 2.27. The van der Waals surface area contributed by atoms with E-state index >= 15 is 0 Å². The van der Waals surface area contributed by atoms with Gasteiger partial charge in [0, 0.05) is 12.1 Å². The molecule has 10 heteroatoms. The van der Waals surface area contributed by atoms with Gasteiger partial charge in [0.05, 0.1) is 24.3 Å². The molecular formula is C32H41N3O6S. The average Bonchev–Trinajstić information content (AvgIpc) is 2.96. The van der Waals surface area contributed by atoms with Crippen LogP contribution in [0, 0.1) is 0 Å². The summed E-state index contributed by atoms with van der Waals surface area (Å²) in [7, 11) is -2.58. The van der Waals surface area contributed by atoms with Crippen LogP contribution in [-0.2, 0) is 26.2 Å². The molecule has 0 bridgehead atoms. The summed E-state index contributed by atoms with van der Waals surface area (Å²) < 4.78 is 39.7. The van der Waals surface area contributed by atoms with E-state index in [0.717, 1.165) is 9.87 Å². The second-order valence-electron chi connectivity index (χ2n) is 10.8. The predicted octanol–water partition coefficient (Wildman–Crippen LogP) is 5.01. The molecule has 0 fully saturated rings. The van der Waals surface area contributed by atoms with E-state index in [9.17, 15) is 18.0 Å². The molecule has 0 heterocycles. The van der Waals surface area contributed by atoms with Crippen LogP contribution in [0.1, 0.15) is 46.6 Å². The van der Waals surface area contributed by atoms with Crippen molar-refractivity contribution in [1.82, 2.24) is 10.2 Å². The molecule has 0 radical (unpaired) electrons. The van der Waals surface area contributed by atoms with Crippen molar-refractivity contribution in [3.8, 4) is 11.5 Å². The van der Waals surface area contributed by atoms with Crippen molar-refractivity contribution in [3.05, 3.63) is 84.4 Å². The highest BCUT2D eigenvalue weighted by atomic mass is 32.2. The van der Waals surface area contributed by atoms with Crippen LogP contribution in [0.15, 0.2) is 83.8 Å². The molecule has 1 atom stereocenters. The molecule has 3 aromatic rings. The van der Waals surface area contributed by atoms with Crippen molar-refractivity contribution in [1.29, 1.82) is 0 Å². The average molecular weight is 596 g/mol. The fraction of sp³-hybridized carbons (Fsp3) is 0.375. The third kappa shape index (κ3) is 8.48. The van der Waals surface area contributed by atoms with Gasteiger partial charge >= 0.3 is 0 Å². The molecule has 1 N–H and O–H groups in total. The smallest absolute Gasteiger partial charge is 0.264 e. The highest BCUT2D eigenvalue weighted by Gasteiger charge is 2.34. The normalized spacial score (nSPS) is 12.2. The maximum Gasteiger partial charge on any atom is 0.264 e. The maximum atomic E-state index is 14.2. The van der Waals surface area contributed by atoms with Crippen LogP contribution >= 0.6 is 0 Å². The number of anilines is 1. The summed E-state index contributed by atoms with van der Waals surface area (Å²) in [6.45, 7) is 9.33. The van der Waals surface area contributed by atoms with Crippen LogP contribution in [0.5, 0.6) is 11.5 Å². The third-order valence-corrected chi connectivity index (χ3v) is 8.23. The van der Waals surface area contributed by atoms with Crippen molar-refractivity contribution in [2.24, 2.45) is 0 Å². The van der Waals surface area contributed by atoms with E-state index in [1.165, 1.54) is 17.0 Å². The van der Waals surface area contributed by atoms with Crippen molar-refractivity contribution in [2.75, 3.05) is 24.6 Å². The number of carbonyl (C=O) groups is 2. The number of nitrogens with one attached hydrogen (secondary N) is 1. The maximum absolute atomic E-state index is 14.2. The Morgan fingerprint density at radius 1 is 0.881 bits per heavy atom. The van der Waals surface area contributed by atoms with E-state index in [0.29, 0.717) is 30.2 Å². The number of carbonyl (C=O) groups excluding carboxylic acids is 2. The molecule has 226 valence electrons. The number of sulfonamides is 1. The Hall–Kier alpha value is -4.05. The van der Waals surface area contributed by atoms with E-state index in [2.05, 4.69) is 5.32 Å². The first kappa shape index (κ1) is 32.5. The quantitative estimate of drug-likeness (QED) is 0.298. The number of rotatable bonds is 13. The van der Waals surface area contributed by atoms with Gasteiger partial charge in [0.25, 0.3) is 10.0 Å². The van der Waals surface area contributed by atoms with Gasteiger partial charge in [0.2, 0.25) is 11.8 Å². The van der Waals surface area contributed by atoms with Crippen LogP contribution < -0.4 is 19.1 Å². The first-order chi connectivity index (χ1) is 19.9. The number of hydrogen-bond acceptors (Lipinski definition) is 6. The minimum Gasteiger partial charge on any atom is -0.497 e. The monoisotopic (exact) mass is 595 g/mol. The molecule has 3 rings (SSSR count). The van der Waals surface area contributed by atoms with Gasteiger partial charge in [-0.2, -0.15) is 0 Å². The predicted molar refractivity (Wildman–Crippen MR) is 164 cm³/mol. The van der Waals surface area contributed by atoms with E-state index in [-0.39, 0.29) is 17.3 Å². The Balaban J connectivity index is 2.05. The summed E-state index contributed by atoms with van der Waals surface area (Å²) in [5.41, 5.74) is 0.543. The number of hydrogen-bond donors (Lipinski definition) is 1. The summed E-state index contributed by atoms with van der Waals surface area (Å²) in [5.74, 6) is 0.404. The van der Waals surface area contributed by atoms with Gasteiger partial charge in [-0.05, 0) is 88.2 Å². The van der Waals surface area contributed by atoms with Gasteiger partial charge in [-0.1, -0.05) is 37.3 Å². The lowest BCUT2D eigenvalue weighted by molar-refractivity contribution is -0.141. The number of ether oxygens (including phenoxy) is 2. The lowest BCUT2D eigenvalue weighted by Crippen LogP contribution is -2.55. The Kier molecular flexibility index (Phi) is 11.0. The molecule has 42 heavy (non-hydrogen) atoms.